The molecule has 0 radical (unpaired) electrons. The molecular weight excluding hydrogens is 601 g/mol. The van der Waals surface area contributed by atoms with E-state index < -0.39 is 47.5 Å². The summed E-state index contributed by atoms with van der Waals surface area (Å²) in [7, 11) is 0. The van der Waals surface area contributed by atoms with Crippen molar-refractivity contribution in [2.24, 2.45) is 0 Å². The second-order valence-corrected chi connectivity index (χ2v) is 13.2. The number of aromatic nitrogens is 2. The van der Waals surface area contributed by atoms with E-state index in [1.165, 1.54) is 29.4 Å². The van der Waals surface area contributed by atoms with Crippen molar-refractivity contribution in [3.63, 3.8) is 0 Å². The summed E-state index contributed by atoms with van der Waals surface area (Å²) in [5, 5.41) is 15.4. The second kappa shape index (κ2) is 12.2. The lowest BCUT2D eigenvalue weighted by atomic mass is 9.92. The van der Waals surface area contributed by atoms with Gasteiger partial charge in [-0.2, -0.15) is 0 Å². The first-order chi connectivity index (χ1) is 21.5. The zero-order chi connectivity index (χ0) is 33.6. The molecule has 14 heteroatoms. The number of rotatable bonds is 4. The minimum atomic E-state index is -0.889. The summed E-state index contributed by atoms with van der Waals surface area (Å²) < 4.78 is 38.5. The summed E-state index contributed by atoms with van der Waals surface area (Å²) in [6.45, 7) is 12.4. The fourth-order valence-electron chi connectivity index (χ4n) is 5.03. The molecule has 1 saturated carbocycles. The van der Waals surface area contributed by atoms with Gasteiger partial charge in [-0.1, -0.05) is 0 Å². The number of carbonyl (C=O) groups excluding carboxylic acids is 3. The third-order valence-electron chi connectivity index (χ3n) is 7.25. The molecule has 2 aromatic heterocycles. The maximum atomic E-state index is 16.5. The van der Waals surface area contributed by atoms with E-state index >= 15 is 4.39 Å². The number of fused-ring (bicyclic) bond motifs is 2. The van der Waals surface area contributed by atoms with E-state index in [-0.39, 0.29) is 41.5 Å². The highest BCUT2D eigenvalue weighted by molar-refractivity contribution is 6.05. The van der Waals surface area contributed by atoms with Crippen molar-refractivity contribution in [1.82, 2.24) is 9.97 Å². The number of aliphatic hydroxyl groups excluding tert-OH is 1. The number of aliphatic hydroxyl groups is 1. The number of pyridine rings is 2. The highest BCUT2D eigenvalue weighted by Crippen LogP contribution is 2.42. The Balaban J connectivity index is 1.60. The number of amides is 3. The van der Waals surface area contributed by atoms with Gasteiger partial charge in [0, 0.05) is 28.9 Å². The first-order valence-corrected chi connectivity index (χ1v) is 14.9. The predicted octanol–water partition coefficient (Wildman–Crippen LogP) is 6.30. The number of carbonyl (C=O) groups is 3. The number of halogens is 1. The van der Waals surface area contributed by atoms with Crippen molar-refractivity contribution in [3.05, 3.63) is 35.9 Å². The van der Waals surface area contributed by atoms with E-state index in [9.17, 15) is 19.5 Å². The largest absolute Gasteiger partial charge is 0.474 e. The lowest BCUT2D eigenvalue weighted by Gasteiger charge is -2.32. The molecule has 3 heterocycles. The van der Waals surface area contributed by atoms with Gasteiger partial charge in [-0.25, -0.2) is 28.7 Å². The summed E-state index contributed by atoms with van der Waals surface area (Å²) in [6, 6.07) is 3.02. The van der Waals surface area contributed by atoms with Crippen LogP contribution in [0.5, 0.6) is 5.88 Å². The van der Waals surface area contributed by atoms with Crippen LogP contribution in [-0.2, 0) is 14.2 Å². The fourth-order valence-corrected chi connectivity index (χ4v) is 5.03. The van der Waals surface area contributed by atoms with Gasteiger partial charge in [0.1, 0.15) is 35.4 Å². The molecule has 0 saturated heterocycles. The molecule has 1 aliphatic heterocycles. The molecule has 5 rings (SSSR count). The molecule has 2 atom stereocenters. The van der Waals surface area contributed by atoms with E-state index in [4.69, 9.17) is 18.9 Å². The molecule has 3 aromatic rings. The average Bonchev–Trinajstić information content (AvgIpc) is 2.94. The Labute approximate surface area is 265 Å². The number of nitrogens with one attached hydrogen (secondary N) is 2. The van der Waals surface area contributed by atoms with Crippen LogP contribution in [0.25, 0.3) is 21.9 Å². The van der Waals surface area contributed by atoms with Crippen molar-refractivity contribution in [1.29, 1.82) is 0 Å². The zero-order valence-electron chi connectivity index (χ0n) is 26.8. The predicted molar refractivity (Wildman–Crippen MR) is 168 cm³/mol. The number of ether oxygens (including phenoxy) is 4. The van der Waals surface area contributed by atoms with Crippen molar-refractivity contribution in [2.45, 2.75) is 84.7 Å². The number of hydrogen-bond acceptors (Lipinski definition) is 10. The number of nitrogens with zero attached hydrogens (tertiary/aromatic N) is 3. The third kappa shape index (κ3) is 7.06. The van der Waals surface area contributed by atoms with E-state index in [1.54, 1.807) is 48.5 Å². The van der Waals surface area contributed by atoms with E-state index in [0.29, 0.717) is 35.0 Å². The molecular formula is C32H38FN5O8. The van der Waals surface area contributed by atoms with E-state index in [2.05, 4.69) is 20.6 Å². The quantitative estimate of drug-likeness (QED) is 0.276. The topological polar surface area (TPSA) is 161 Å². The lowest BCUT2D eigenvalue weighted by molar-refractivity contribution is -0.0561. The highest BCUT2D eigenvalue weighted by atomic mass is 19.1. The minimum absolute atomic E-state index is 0.0402. The third-order valence-corrected chi connectivity index (χ3v) is 7.25. The van der Waals surface area contributed by atoms with Crippen LogP contribution in [0.2, 0.25) is 0 Å². The Morgan fingerprint density at radius 3 is 2.33 bits per heavy atom. The molecule has 3 amide bonds. The van der Waals surface area contributed by atoms with Gasteiger partial charge in [-0.3, -0.25) is 15.5 Å². The Bertz CT molecular complexity index is 1700. The van der Waals surface area contributed by atoms with Gasteiger partial charge in [-0.05, 0) is 84.4 Å². The normalized spacial score (nSPS) is 17.7. The van der Waals surface area contributed by atoms with Crippen LogP contribution >= 0.6 is 0 Å². The molecule has 46 heavy (non-hydrogen) atoms. The van der Waals surface area contributed by atoms with Gasteiger partial charge < -0.3 is 24.1 Å². The smallest absolute Gasteiger partial charge is 0.415 e. The van der Waals surface area contributed by atoms with Crippen LogP contribution in [0.3, 0.4) is 0 Å². The molecule has 0 bridgehead atoms. The van der Waals surface area contributed by atoms with Crippen LogP contribution in [0.1, 0.15) is 59.9 Å². The molecule has 3 N–H and O–H groups in total. The maximum Gasteiger partial charge on any atom is 0.415 e. The van der Waals surface area contributed by atoms with Gasteiger partial charge in [0.05, 0.1) is 18.3 Å². The molecule has 246 valence electrons. The fraction of sp³-hybridized carbons (Fsp3) is 0.469. The highest BCUT2D eigenvalue weighted by Gasteiger charge is 2.34. The van der Waals surface area contributed by atoms with E-state index in [0.717, 1.165) is 0 Å². The van der Waals surface area contributed by atoms with Crippen LogP contribution in [0.4, 0.5) is 36.0 Å². The Morgan fingerprint density at radius 2 is 1.70 bits per heavy atom. The summed E-state index contributed by atoms with van der Waals surface area (Å²) in [6.07, 6.45) is 0.213. The van der Waals surface area contributed by atoms with Crippen molar-refractivity contribution in [3.8, 4) is 17.0 Å². The molecule has 0 unspecified atom stereocenters. The summed E-state index contributed by atoms with van der Waals surface area (Å²) in [5.74, 6) is -0.515. The molecule has 0 spiro atoms. The molecule has 13 nitrogen and oxygen atoms in total. The second-order valence-electron chi connectivity index (χ2n) is 13.2. The van der Waals surface area contributed by atoms with Crippen molar-refractivity contribution < 1.29 is 42.8 Å². The molecule has 1 aliphatic carbocycles. The van der Waals surface area contributed by atoms with E-state index in [1.807, 2.05) is 0 Å². The zero-order valence-corrected chi connectivity index (χ0v) is 26.8. The Hall–Kier alpha value is -4.72. The standard InChI is InChI=1S/C32H38FN5O8/c1-16-19(14-35-27-26(16)38(10-11-43-27)30(42)46-32(5,6)7)18-12-17-13-23(36-28(40)44-22-9-8-21(22)39)34-15-20(17)25(24(18)33)37-29(41)45-31(2,3)4/h12-15,21-22,39H,8-11H2,1-7H3,(H,37,41)(H,34,36,40)/t21-,22+/m1/s1. The van der Waals surface area contributed by atoms with Crippen LogP contribution in [-0.4, -0.2) is 69.9 Å². The number of anilines is 3. The molecule has 1 fully saturated rings. The first-order valence-electron chi connectivity index (χ1n) is 14.9. The first kappa shape index (κ1) is 32.7. The van der Waals surface area contributed by atoms with Gasteiger partial charge in [-0.15, -0.1) is 0 Å². The number of benzene rings is 1. The number of hydrogen-bond donors (Lipinski definition) is 3. The summed E-state index contributed by atoms with van der Waals surface area (Å²) >= 11 is 0. The summed E-state index contributed by atoms with van der Waals surface area (Å²) in [5.41, 5.74) is -0.664. The van der Waals surface area contributed by atoms with Crippen LogP contribution < -0.4 is 20.3 Å². The van der Waals surface area contributed by atoms with Crippen LogP contribution in [0.15, 0.2) is 24.5 Å². The van der Waals surface area contributed by atoms with Crippen molar-refractivity contribution in [2.75, 3.05) is 28.7 Å². The maximum absolute atomic E-state index is 16.5. The van der Waals surface area contributed by atoms with Gasteiger partial charge >= 0.3 is 18.3 Å². The SMILES string of the molecule is Cc1c(-c2cc3cc(NC(=O)O[C@H]4CC[C@H]4O)ncc3c(NC(=O)OC(C)(C)C)c2F)cnc2c1N(C(=O)OC(C)(C)C)CCO2. The monoisotopic (exact) mass is 639 g/mol. The van der Waals surface area contributed by atoms with Crippen molar-refractivity contribution >= 4 is 46.2 Å². The lowest BCUT2D eigenvalue weighted by Crippen LogP contribution is -2.42. The summed E-state index contributed by atoms with van der Waals surface area (Å²) in [4.78, 5) is 48.5. The van der Waals surface area contributed by atoms with Gasteiger partial charge in [0.25, 0.3) is 0 Å². The Kier molecular flexibility index (Phi) is 8.69. The van der Waals surface area contributed by atoms with Crippen LogP contribution in [0, 0.1) is 12.7 Å². The average molecular weight is 640 g/mol. The van der Waals surface area contributed by atoms with Gasteiger partial charge in [0.15, 0.2) is 5.82 Å². The Morgan fingerprint density at radius 1 is 0.978 bits per heavy atom. The minimum Gasteiger partial charge on any atom is -0.474 e. The molecule has 2 aliphatic rings. The van der Waals surface area contributed by atoms with Gasteiger partial charge in [0.2, 0.25) is 5.88 Å². The molecule has 1 aromatic carbocycles.